The number of ether oxygens (including phenoxy) is 3. The molecule has 9 atom stereocenters. The molecule has 0 amide bonds. The molecule has 2 saturated heterocycles. The molecule has 23 nitrogen and oxygen atoms in total. The van der Waals surface area contributed by atoms with E-state index in [-0.39, 0.29) is 29.2 Å². The molecule has 5 heterocycles. The van der Waals surface area contributed by atoms with Gasteiger partial charge in [-0.2, -0.15) is 4.98 Å². The van der Waals surface area contributed by atoms with Crippen molar-refractivity contribution in [3.63, 3.8) is 0 Å². The lowest BCUT2D eigenvalue weighted by Crippen LogP contribution is -2.39. The van der Waals surface area contributed by atoms with E-state index < -0.39 is 89.6 Å². The topological polar surface area (TPSA) is 338 Å². The number of phosphoric ester groups is 2. The molecule has 2 aliphatic rings. The van der Waals surface area contributed by atoms with Crippen molar-refractivity contribution in [2.45, 2.75) is 68.8 Å². The largest absolute Gasteiger partial charge is 0.472 e. The zero-order valence-electron chi connectivity index (χ0n) is 24.8. The molecule has 3 aromatic rings. The monoisotopic (exact) mass is 722 g/mol. The molecule has 1 unspecified atom stereocenters. The lowest BCUT2D eigenvalue weighted by Gasteiger charge is -2.25. The van der Waals surface area contributed by atoms with Crippen LogP contribution in [0.4, 0.5) is 11.6 Å². The summed E-state index contributed by atoms with van der Waals surface area (Å²) in [6.07, 6.45) is -8.92. The summed E-state index contributed by atoms with van der Waals surface area (Å²) in [7, 11) is -10.4. The molecule has 3 aromatic heterocycles. The number of carbonyl (C=O) groups is 1. The third-order valence-electron chi connectivity index (χ3n) is 7.19. The number of hydrogen-bond acceptors (Lipinski definition) is 18. The number of nitrogens with two attached hydrogens (primary N) is 2. The molecular formula is C23H32N8O15P2. The van der Waals surface area contributed by atoms with E-state index in [1.807, 2.05) is 0 Å². The number of nitrogen functional groups attached to an aromatic ring is 2. The zero-order valence-corrected chi connectivity index (χ0v) is 26.6. The summed E-state index contributed by atoms with van der Waals surface area (Å²) in [6.45, 7) is -0.0910. The quantitative estimate of drug-likeness (QED) is 0.0747. The average molecular weight is 722 g/mol. The minimum Gasteiger partial charge on any atom is -0.457 e. The van der Waals surface area contributed by atoms with Crippen molar-refractivity contribution in [1.82, 2.24) is 29.1 Å². The zero-order chi connectivity index (χ0) is 35.0. The smallest absolute Gasteiger partial charge is 0.457 e. The predicted molar refractivity (Wildman–Crippen MR) is 156 cm³/mol. The second kappa shape index (κ2) is 14.2. The van der Waals surface area contributed by atoms with Crippen LogP contribution in [0.1, 0.15) is 32.2 Å². The molecular weight excluding hydrogens is 690 g/mol. The van der Waals surface area contributed by atoms with Gasteiger partial charge in [-0.25, -0.2) is 28.9 Å². The Morgan fingerprint density at radius 2 is 1.62 bits per heavy atom. The number of fused-ring (bicyclic) bond motifs is 1. The third kappa shape index (κ3) is 7.88. The van der Waals surface area contributed by atoms with Gasteiger partial charge in [0.15, 0.2) is 30.0 Å². The molecule has 0 aliphatic carbocycles. The van der Waals surface area contributed by atoms with Crippen molar-refractivity contribution in [3.8, 4) is 0 Å². The van der Waals surface area contributed by atoms with E-state index >= 15 is 0 Å². The van der Waals surface area contributed by atoms with Crippen molar-refractivity contribution in [3.05, 3.63) is 35.4 Å². The highest BCUT2D eigenvalue weighted by atomic mass is 31.2. The predicted octanol–water partition coefficient (Wildman–Crippen LogP) is -1.91. The summed E-state index contributed by atoms with van der Waals surface area (Å²) in [5.74, 6) is -0.832. The molecule has 25 heteroatoms. The van der Waals surface area contributed by atoms with Crippen LogP contribution in [0.25, 0.3) is 11.2 Å². The van der Waals surface area contributed by atoms with E-state index in [0.717, 1.165) is 17.1 Å². The van der Waals surface area contributed by atoms with Crippen LogP contribution in [-0.4, -0.2) is 110 Å². The van der Waals surface area contributed by atoms with E-state index in [9.17, 15) is 33.8 Å². The maximum Gasteiger partial charge on any atom is 0.472 e. The summed E-state index contributed by atoms with van der Waals surface area (Å²) in [5.41, 5.74) is 10.7. The highest BCUT2D eigenvalue weighted by Crippen LogP contribution is 2.50. The van der Waals surface area contributed by atoms with Crippen molar-refractivity contribution < 1.29 is 66.6 Å². The van der Waals surface area contributed by atoms with Crippen LogP contribution < -0.4 is 17.2 Å². The van der Waals surface area contributed by atoms with Crippen LogP contribution >= 0.6 is 15.6 Å². The van der Waals surface area contributed by atoms with Crippen molar-refractivity contribution in [1.29, 1.82) is 0 Å². The second-order valence-corrected chi connectivity index (χ2v) is 13.2. The summed E-state index contributed by atoms with van der Waals surface area (Å²) < 4.78 is 58.1. The number of aliphatic hydroxyl groups excluding tert-OH is 2. The maximum absolute atomic E-state index is 13.2. The normalized spacial score (nSPS) is 28.9. The summed E-state index contributed by atoms with van der Waals surface area (Å²) in [5, 5.41) is 22.1. The Bertz CT molecular complexity index is 1790. The number of phosphoric acid groups is 2. The fraction of sp³-hybridized carbons (Fsp3) is 0.565. The van der Waals surface area contributed by atoms with Gasteiger partial charge in [0.2, 0.25) is 0 Å². The van der Waals surface area contributed by atoms with Crippen LogP contribution in [0.2, 0.25) is 0 Å². The van der Waals surface area contributed by atoms with Gasteiger partial charge in [-0.1, -0.05) is 6.92 Å². The minimum atomic E-state index is -5.26. The number of carbonyl (C=O) groups excluding carboxylic acids is 1. The Kier molecular flexibility index (Phi) is 10.6. The maximum atomic E-state index is 13.2. The lowest BCUT2D eigenvalue weighted by atomic mass is 10.1. The second-order valence-electron chi connectivity index (χ2n) is 10.6. The van der Waals surface area contributed by atoms with Crippen LogP contribution in [-0.2, 0) is 41.7 Å². The Hall–Kier alpha value is -3.44. The molecule has 0 aromatic carbocycles. The molecule has 48 heavy (non-hydrogen) atoms. The lowest BCUT2D eigenvalue weighted by molar-refractivity contribution is -0.156. The molecule has 264 valence electrons. The summed E-state index contributed by atoms with van der Waals surface area (Å²) in [4.78, 5) is 69.3. The van der Waals surface area contributed by atoms with E-state index in [4.69, 9.17) is 44.5 Å². The first-order valence-electron chi connectivity index (χ1n) is 14.1. The molecule has 9 N–H and O–H groups in total. The van der Waals surface area contributed by atoms with Crippen molar-refractivity contribution in [2.75, 3.05) is 24.7 Å². The number of nitrogens with zero attached hydrogens (tertiary/aromatic N) is 6. The minimum absolute atomic E-state index is 0.0216. The Morgan fingerprint density at radius 1 is 0.979 bits per heavy atom. The average Bonchev–Trinajstić information content (AvgIpc) is 3.65. The number of imidazole rings is 1. The Labute approximate surface area is 269 Å². The number of esters is 1. The van der Waals surface area contributed by atoms with E-state index in [0.29, 0.717) is 6.42 Å². The van der Waals surface area contributed by atoms with Crippen LogP contribution in [0.3, 0.4) is 0 Å². The van der Waals surface area contributed by atoms with Crippen LogP contribution in [0.5, 0.6) is 0 Å². The van der Waals surface area contributed by atoms with Gasteiger partial charge in [-0.05, 0) is 12.5 Å². The molecule has 0 spiro atoms. The number of rotatable bonds is 13. The molecule has 0 radical (unpaired) electrons. The SMILES string of the molecule is CCCC(=O)O[C@H]1[C@@H](O)[C@H](n2cnc3c(N)ncnc32)O[C@@H]1COP(=O)(O)O[C@H]1[C@@H](O)[C@H](n2ccc(N)nc2=O)O[C@@H]1COP(=O)(O)O. The van der Waals surface area contributed by atoms with Gasteiger partial charge in [0.25, 0.3) is 0 Å². The molecule has 0 bridgehead atoms. The fourth-order valence-electron chi connectivity index (χ4n) is 5.06. The van der Waals surface area contributed by atoms with Crippen LogP contribution in [0.15, 0.2) is 29.7 Å². The number of aromatic nitrogens is 6. The van der Waals surface area contributed by atoms with E-state index in [2.05, 4.69) is 24.5 Å². The molecule has 2 aliphatic heterocycles. The molecule has 0 saturated carbocycles. The highest BCUT2D eigenvalue weighted by Gasteiger charge is 2.52. The van der Waals surface area contributed by atoms with E-state index in [1.165, 1.54) is 17.0 Å². The van der Waals surface area contributed by atoms with Gasteiger partial charge in [0.05, 0.1) is 19.5 Å². The number of hydrogen-bond donors (Lipinski definition) is 7. The number of anilines is 2. The van der Waals surface area contributed by atoms with E-state index in [1.54, 1.807) is 6.92 Å². The first-order chi connectivity index (χ1) is 22.6. The van der Waals surface area contributed by atoms with Gasteiger partial charge in [-0.15, -0.1) is 0 Å². The van der Waals surface area contributed by atoms with Gasteiger partial charge < -0.3 is 50.6 Å². The van der Waals surface area contributed by atoms with Gasteiger partial charge >= 0.3 is 27.3 Å². The summed E-state index contributed by atoms with van der Waals surface area (Å²) in [6, 6.07) is 1.19. The summed E-state index contributed by atoms with van der Waals surface area (Å²) >= 11 is 0. The van der Waals surface area contributed by atoms with Crippen molar-refractivity contribution in [2.24, 2.45) is 0 Å². The highest BCUT2D eigenvalue weighted by molar-refractivity contribution is 7.47. The Balaban J connectivity index is 1.35. The van der Waals surface area contributed by atoms with Gasteiger partial charge in [0, 0.05) is 12.6 Å². The van der Waals surface area contributed by atoms with Gasteiger partial charge in [-0.3, -0.25) is 27.5 Å². The molecule has 2 fully saturated rings. The first kappa shape index (κ1) is 35.9. The number of aliphatic hydroxyl groups is 2. The van der Waals surface area contributed by atoms with Gasteiger partial charge in [0.1, 0.15) is 48.2 Å². The van der Waals surface area contributed by atoms with Crippen LogP contribution in [0, 0.1) is 0 Å². The first-order valence-corrected chi connectivity index (χ1v) is 17.1. The Morgan fingerprint density at radius 3 is 2.29 bits per heavy atom. The fourth-order valence-corrected chi connectivity index (χ4v) is 6.36. The third-order valence-corrected chi connectivity index (χ3v) is 8.66. The molecule has 5 rings (SSSR count). The standard InChI is InChI=1S/C23H32N8O15P2/c1-2-3-13(32)45-17-10(43-22(15(17)33)31-9-28-14-19(25)26-8-27-20(14)31)7-42-48(39,40)46-18-11(6-41-47(36,37)38)44-21(16(18)34)30-5-4-12(24)29-23(30)35/h4-5,8-11,15-18,21-22,33-34H,2-3,6-7H2,1H3,(H,39,40)(H2,24,29,35)(H2,25,26,27)(H2,36,37,38)/t10-,11-,15-,16-,17-,18-,21-,22-/m1/s1. The van der Waals surface area contributed by atoms with Crippen molar-refractivity contribution >= 4 is 44.4 Å².